The number of anilines is 1. The molecule has 2 amide bonds. The largest absolute Gasteiger partial charge is 0.478 e. The fraction of sp³-hybridized carbons (Fsp3) is 0.0741. The van der Waals surface area contributed by atoms with E-state index in [1.54, 1.807) is 30.3 Å². The molecule has 1 atom stereocenters. The molecule has 0 aliphatic carbocycles. The average Bonchev–Trinajstić information content (AvgIpc) is 3.47. The van der Waals surface area contributed by atoms with Crippen LogP contribution in [0.3, 0.4) is 0 Å². The smallest absolute Gasteiger partial charge is 0.335 e. The zero-order valence-electron chi connectivity index (χ0n) is 20.6. The number of aromatic carboxylic acids is 2. The molecule has 0 aliphatic rings. The molecule has 0 spiro atoms. The predicted molar refractivity (Wildman–Crippen MR) is 144 cm³/mol. The zero-order valence-corrected chi connectivity index (χ0v) is 21.3. The summed E-state index contributed by atoms with van der Waals surface area (Å²) >= 11 is 6.13. The monoisotopic (exact) mass is 560 g/mol. The van der Waals surface area contributed by atoms with Crippen LogP contribution in [-0.2, 0) is 16.0 Å². The first kappa shape index (κ1) is 27.7. The van der Waals surface area contributed by atoms with Crippen molar-refractivity contribution in [1.29, 1.82) is 0 Å². The van der Waals surface area contributed by atoms with Crippen molar-refractivity contribution in [1.82, 2.24) is 25.5 Å². The number of hydrogen-bond donors (Lipinski definition) is 4. The molecule has 4 rings (SSSR count). The SMILES string of the molecule is O=C(C=Cc1cc(Cl)ccc1-n1cnnn1)N[C@@H](Cc1cccc(C(=O)O)c1)C(=O)Nc1ccc(C(=O)O)cc1. The van der Waals surface area contributed by atoms with Gasteiger partial charge < -0.3 is 20.8 Å². The van der Waals surface area contributed by atoms with Gasteiger partial charge in [0.15, 0.2) is 0 Å². The number of amides is 2. The van der Waals surface area contributed by atoms with Gasteiger partial charge in [0.2, 0.25) is 11.8 Å². The maximum atomic E-state index is 13.2. The van der Waals surface area contributed by atoms with Crippen LogP contribution in [0.5, 0.6) is 0 Å². The summed E-state index contributed by atoms with van der Waals surface area (Å²) in [6.07, 6.45) is 4.07. The molecular weight excluding hydrogens is 540 g/mol. The van der Waals surface area contributed by atoms with E-state index in [0.717, 1.165) is 0 Å². The Hall–Kier alpha value is -5.36. The third-order valence-corrected chi connectivity index (χ3v) is 5.88. The topological polar surface area (TPSA) is 176 Å². The molecule has 0 aliphatic heterocycles. The van der Waals surface area contributed by atoms with Gasteiger partial charge in [-0.05, 0) is 76.7 Å². The van der Waals surface area contributed by atoms with Gasteiger partial charge in [-0.25, -0.2) is 9.59 Å². The molecule has 13 heteroatoms. The number of benzene rings is 3. The van der Waals surface area contributed by atoms with E-state index in [1.807, 2.05) is 0 Å². The van der Waals surface area contributed by atoms with Crippen LogP contribution in [0.1, 0.15) is 31.8 Å². The molecule has 0 unspecified atom stereocenters. The lowest BCUT2D eigenvalue weighted by Gasteiger charge is -2.18. The van der Waals surface area contributed by atoms with Crippen LogP contribution >= 0.6 is 11.6 Å². The van der Waals surface area contributed by atoms with Crippen LogP contribution in [0.4, 0.5) is 5.69 Å². The van der Waals surface area contributed by atoms with Crippen molar-refractivity contribution in [3.8, 4) is 5.69 Å². The van der Waals surface area contributed by atoms with Crippen LogP contribution in [0.15, 0.2) is 79.1 Å². The maximum absolute atomic E-state index is 13.2. The Morgan fingerprint density at radius 1 is 0.950 bits per heavy atom. The van der Waals surface area contributed by atoms with Crippen LogP contribution in [-0.4, -0.2) is 60.2 Å². The highest BCUT2D eigenvalue weighted by Crippen LogP contribution is 2.20. The van der Waals surface area contributed by atoms with Crippen molar-refractivity contribution < 1.29 is 29.4 Å². The van der Waals surface area contributed by atoms with E-state index in [2.05, 4.69) is 26.2 Å². The number of rotatable bonds is 10. The summed E-state index contributed by atoms with van der Waals surface area (Å²) in [7, 11) is 0. The lowest BCUT2D eigenvalue weighted by molar-refractivity contribution is -0.123. The second-order valence-corrected chi connectivity index (χ2v) is 8.87. The van der Waals surface area contributed by atoms with E-state index >= 15 is 0 Å². The highest BCUT2D eigenvalue weighted by Gasteiger charge is 2.22. The third-order valence-electron chi connectivity index (χ3n) is 5.65. The normalized spacial score (nSPS) is 11.6. The molecule has 12 nitrogen and oxygen atoms in total. The van der Waals surface area contributed by atoms with Gasteiger partial charge in [-0.15, -0.1) is 5.10 Å². The highest BCUT2D eigenvalue weighted by molar-refractivity contribution is 6.30. The first-order chi connectivity index (χ1) is 19.2. The minimum absolute atomic E-state index is 0.0210. The van der Waals surface area contributed by atoms with Crippen LogP contribution in [0.2, 0.25) is 5.02 Å². The summed E-state index contributed by atoms with van der Waals surface area (Å²) in [5.74, 6) is -3.45. The number of halogens is 1. The number of carboxylic acids is 2. The Balaban J connectivity index is 1.56. The summed E-state index contributed by atoms with van der Waals surface area (Å²) in [6, 6.07) is 15.3. The summed E-state index contributed by atoms with van der Waals surface area (Å²) in [5.41, 5.74) is 1.98. The van der Waals surface area contributed by atoms with Crippen molar-refractivity contribution in [2.24, 2.45) is 0 Å². The first-order valence-corrected chi connectivity index (χ1v) is 12.1. The van der Waals surface area contributed by atoms with E-state index in [-0.39, 0.29) is 17.5 Å². The Morgan fingerprint density at radius 3 is 2.38 bits per heavy atom. The van der Waals surface area contributed by atoms with Crippen molar-refractivity contribution in [2.45, 2.75) is 12.5 Å². The van der Waals surface area contributed by atoms with Crippen molar-refractivity contribution in [3.63, 3.8) is 0 Å². The molecule has 40 heavy (non-hydrogen) atoms. The minimum atomic E-state index is -1.13. The Kier molecular flexibility index (Phi) is 8.62. The molecule has 0 radical (unpaired) electrons. The van der Waals surface area contributed by atoms with Gasteiger partial charge in [-0.3, -0.25) is 9.59 Å². The standard InChI is InChI=1S/C27H21ClN6O6/c28-20-7-10-23(34-15-29-32-33-34)18(14-20)6-11-24(35)31-22(13-16-2-1-3-19(12-16)27(39)40)25(36)30-21-8-4-17(5-9-21)26(37)38/h1-12,14-15,22H,13H2,(H,30,36)(H,31,35)(H,37,38)(H,39,40)/t22-/m0/s1. The Bertz CT molecular complexity index is 1590. The number of tetrazole rings is 1. The number of nitrogens with zero attached hydrogens (tertiary/aromatic N) is 4. The molecule has 202 valence electrons. The Morgan fingerprint density at radius 2 is 1.70 bits per heavy atom. The number of carboxylic acid groups (broad SMARTS) is 2. The summed E-state index contributed by atoms with van der Waals surface area (Å²) in [4.78, 5) is 48.6. The van der Waals surface area contributed by atoms with Gasteiger partial charge in [0.05, 0.1) is 16.8 Å². The molecule has 4 aromatic rings. The second kappa shape index (κ2) is 12.5. The lowest BCUT2D eigenvalue weighted by atomic mass is 10.0. The molecule has 1 heterocycles. The van der Waals surface area contributed by atoms with Crippen molar-refractivity contribution in [3.05, 3.63) is 106 Å². The Labute approximate surface area is 231 Å². The van der Waals surface area contributed by atoms with Gasteiger partial charge in [-0.1, -0.05) is 23.7 Å². The molecule has 4 N–H and O–H groups in total. The first-order valence-electron chi connectivity index (χ1n) is 11.7. The van der Waals surface area contributed by atoms with E-state index in [1.165, 1.54) is 59.6 Å². The number of nitrogens with one attached hydrogen (secondary N) is 2. The minimum Gasteiger partial charge on any atom is -0.478 e. The van der Waals surface area contributed by atoms with Gasteiger partial charge in [0.25, 0.3) is 0 Å². The highest BCUT2D eigenvalue weighted by atomic mass is 35.5. The quantitative estimate of drug-likeness (QED) is 0.212. The van der Waals surface area contributed by atoms with Gasteiger partial charge in [0, 0.05) is 28.8 Å². The number of carbonyl (C=O) groups is 4. The van der Waals surface area contributed by atoms with Crippen LogP contribution in [0, 0.1) is 0 Å². The molecule has 0 bridgehead atoms. The van der Waals surface area contributed by atoms with E-state index < -0.39 is 29.8 Å². The molecule has 0 saturated heterocycles. The lowest BCUT2D eigenvalue weighted by Crippen LogP contribution is -2.44. The number of carbonyl (C=O) groups excluding carboxylic acids is 2. The molecule has 0 fully saturated rings. The molecular formula is C27H21ClN6O6. The average molecular weight is 561 g/mol. The summed E-state index contributed by atoms with van der Waals surface area (Å²) < 4.78 is 1.40. The fourth-order valence-electron chi connectivity index (χ4n) is 3.73. The van der Waals surface area contributed by atoms with Crippen LogP contribution < -0.4 is 10.6 Å². The van der Waals surface area contributed by atoms with Gasteiger partial charge in [-0.2, -0.15) is 4.68 Å². The van der Waals surface area contributed by atoms with E-state index in [0.29, 0.717) is 27.5 Å². The van der Waals surface area contributed by atoms with Crippen LogP contribution in [0.25, 0.3) is 11.8 Å². The predicted octanol–water partition coefficient (Wildman–Crippen LogP) is 3.09. The van der Waals surface area contributed by atoms with E-state index in [4.69, 9.17) is 16.7 Å². The number of hydrogen-bond acceptors (Lipinski definition) is 7. The maximum Gasteiger partial charge on any atom is 0.335 e. The van der Waals surface area contributed by atoms with Gasteiger partial charge in [0.1, 0.15) is 12.4 Å². The second-order valence-electron chi connectivity index (χ2n) is 8.43. The van der Waals surface area contributed by atoms with E-state index in [9.17, 15) is 24.3 Å². The van der Waals surface area contributed by atoms with Gasteiger partial charge >= 0.3 is 11.9 Å². The fourth-order valence-corrected chi connectivity index (χ4v) is 3.91. The molecule has 3 aromatic carbocycles. The summed E-state index contributed by atoms with van der Waals surface area (Å²) in [5, 5.41) is 35.2. The molecule has 0 saturated carbocycles. The summed E-state index contributed by atoms with van der Waals surface area (Å²) in [6.45, 7) is 0. The zero-order chi connectivity index (χ0) is 28.6. The third kappa shape index (κ3) is 7.14. The molecule has 1 aromatic heterocycles. The van der Waals surface area contributed by atoms with Crippen molar-refractivity contribution in [2.75, 3.05) is 5.32 Å². The van der Waals surface area contributed by atoms with Crippen molar-refractivity contribution >= 4 is 47.1 Å². The number of aromatic nitrogens is 4.